The predicted octanol–water partition coefficient (Wildman–Crippen LogP) is 2.72. The molecule has 1 nitrogen and oxygen atoms in total. The summed E-state index contributed by atoms with van der Waals surface area (Å²) in [7, 11) is 0. The van der Waals surface area contributed by atoms with Crippen LogP contribution in [-0.4, -0.2) is 4.98 Å². The van der Waals surface area contributed by atoms with Gasteiger partial charge in [-0.2, -0.15) is 4.39 Å². The van der Waals surface area contributed by atoms with Crippen LogP contribution < -0.4 is 0 Å². The lowest BCUT2D eigenvalue weighted by atomic mass is 10.3. The average molecular weight is 224 g/mol. The molecule has 0 saturated carbocycles. The number of alkyl halides is 1. The highest BCUT2D eigenvalue weighted by Crippen LogP contribution is 2.15. The Bertz CT molecular complexity index is 241. The Morgan fingerprint density at radius 3 is 2.80 bits per heavy atom. The quantitative estimate of drug-likeness (QED) is 0.528. The third-order valence-electron chi connectivity index (χ3n) is 1.04. The summed E-state index contributed by atoms with van der Waals surface area (Å²) in [6.07, 6.45) is 0. The molecule has 0 unspecified atom stereocenters. The van der Waals surface area contributed by atoms with E-state index in [0.717, 1.165) is 5.56 Å². The Morgan fingerprint density at radius 1 is 1.60 bits per heavy atom. The minimum absolute atomic E-state index is 0.341. The molecule has 1 aromatic rings. The molecule has 10 heavy (non-hydrogen) atoms. The van der Waals surface area contributed by atoms with Crippen molar-refractivity contribution in [2.45, 2.75) is 5.88 Å². The van der Waals surface area contributed by atoms with Gasteiger partial charge in [-0.3, -0.25) is 0 Å². The van der Waals surface area contributed by atoms with E-state index in [1.54, 1.807) is 6.07 Å². The fraction of sp³-hybridized carbons (Fsp3) is 0.167. The van der Waals surface area contributed by atoms with Crippen LogP contribution in [0, 0.1) is 5.95 Å². The van der Waals surface area contributed by atoms with Gasteiger partial charge in [0, 0.05) is 0 Å². The molecule has 0 fully saturated rings. The van der Waals surface area contributed by atoms with E-state index >= 15 is 0 Å². The lowest BCUT2D eigenvalue weighted by Gasteiger charge is -1.96. The van der Waals surface area contributed by atoms with Gasteiger partial charge in [-0.05, 0) is 27.6 Å². The summed E-state index contributed by atoms with van der Waals surface area (Å²) in [4.78, 5) is 3.51. The monoisotopic (exact) mass is 223 g/mol. The van der Waals surface area contributed by atoms with Crippen LogP contribution in [0.25, 0.3) is 0 Å². The van der Waals surface area contributed by atoms with E-state index in [2.05, 4.69) is 20.9 Å². The molecule has 0 N–H and O–H groups in total. The van der Waals surface area contributed by atoms with Crippen molar-refractivity contribution in [1.82, 2.24) is 4.98 Å². The molecule has 1 heterocycles. The molecule has 0 aliphatic carbocycles. The fourth-order valence-electron chi connectivity index (χ4n) is 0.541. The minimum atomic E-state index is -0.499. The average Bonchev–Trinajstić information content (AvgIpc) is 1.88. The molecule has 4 heteroatoms. The summed E-state index contributed by atoms with van der Waals surface area (Å²) in [6, 6.07) is 2.88. The molecule has 0 spiro atoms. The molecule has 0 amide bonds. The van der Waals surface area contributed by atoms with Gasteiger partial charge in [0.1, 0.15) is 4.60 Å². The van der Waals surface area contributed by atoms with E-state index < -0.39 is 5.95 Å². The van der Waals surface area contributed by atoms with Gasteiger partial charge in [0.05, 0.1) is 5.88 Å². The topological polar surface area (TPSA) is 12.9 Å². The van der Waals surface area contributed by atoms with E-state index in [1.807, 2.05) is 0 Å². The number of pyridine rings is 1. The maximum absolute atomic E-state index is 12.3. The number of aromatic nitrogens is 1. The third kappa shape index (κ3) is 1.67. The zero-order valence-corrected chi connectivity index (χ0v) is 7.28. The van der Waals surface area contributed by atoms with E-state index in [9.17, 15) is 4.39 Å². The molecule has 0 atom stereocenters. The van der Waals surface area contributed by atoms with Crippen molar-refractivity contribution in [2.75, 3.05) is 0 Å². The fourth-order valence-corrected chi connectivity index (χ4v) is 1.36. The Morgan fingerprint density at radius 2 is 2.30 bits per heavy atom. The van der Waals surface area contributed by atoms with Crippen LogP contribution in [0.15, 0.2) is 16.7 Å². The molecule has 1 rings (SSSR count). The Hall–Kier alpha value is -0.150. The second-order valence-electron chi connectivity index (χ2n) is 1.72. The molecule has 54 valence electrons. The van der Waals surface area contributed by atoms with E-state index in [-0.39, 0.29) is 0 Å². The summed E-state index contributed by atoms with van der Waals surface area (Å²) >= 11 is 8.56. The van der Waals surface area contributed by atoms with Crippen molar-refractivity contribution in [3.63, 3.8) is 0 Å². The van der Waals surface area contributed by atoms with Gasteiger partial charge in [0.25, 0.3) is 0 Å². The largest absolute Gasteiger partial charge is 0.213 e. The van der Waals surface area contributed by atoms with Crippen molar-refractivity contribution in [3.05, 3.63) is 28.2 Å². The molecule has 0 aliphatic heterocycles. The van der Waals surface area contributed by atoms with Crippen molar-refractivity contribution >= 4 is 27.5 Å². The first-order chi connectivity index (χ1) is 4.74. The molecule has 0 saturated heterocycles. The molecule has 0 radical (unpaired) electrons. The van der Waals surface area contributed by atoms with Crippen molar-refractivity contribution in [2.24, 2.45) is 0 Å². The smallest absolute Gasteiger partial charge is 0.212 e. The zero-order valence-electron chi connectivity index (χ0n) is 4.94. The predicted molar refractivity (Wildman–Crippen MR) is 41.5 cm³/mol. The van der Waals surface area contributed by atoms with Gasteiger partial charge in [-0.1, -0.05) is 6.07 Å². The van der Waals surface area contributed by atoms with Gasteiger partial charge >= 0.3 is 0 Å². The first kappa shape index (κ1) is 7.95. The maximum atomic E-state index is 12.3. The van der Waals surface area contributed by atoms with Crippen molar-refractivity contribution in [3.8, 4) is 0 Å². The Labute approximate surface area is 71.4 Å². The number of halogens is 3. The summed E-state index contributed by atoms with van der Waals surface area (Å²) in [6.45, 7) is 0. The van der Waals surface area contributed by atoms with E-state index in [1.165, 1.54) is 6.07 Å². The van der Waals surface area contributed by atoms with Crippen LogP contribution in [0.1, 0.15) is 5.56 Å². The number of hydrogen-bond acceptors (Lipinski definition) is 1. The SMILES string of the molecule is Fc1ccc(CCl)c(Br)n1. The summed E-state index contributed by atoms with van der Waals surface area (Å²) in [5, 5.41) is 0. The third-order valence-corrected chi connectivity index (χ3v) is 2.01. The Kier molecular flexibility index (Phi) is 2.63. The van der Waals surface area contributed by atoms with Crippen molar-refractivity contribution in [1.29, 1.82) is 0 Å². The van der Waals surface area contributed by atoms with Gasteiger partial charge in [-0.15, -0.1) is 11.6 Å². The van der Waals surface area contributed by atoms with E-state index in [0.29, 0.717) is 10.5 Å². The van der Waals surface area contributed by atoms with Gasteiger partial charge in [0.2, 0.25) is 5.95 Å². The molecular weight excluding hydrogens is 220 g/mol. The molecule has 0 bridgehead atoms. The van der Waals surface area contributed by atoms with Gasteiger partial charge < -0.3 is 0 Å². The van der Waals surface area contributed by atoms with Crippen molar-refractivity contribution < 1.29 is 4.39 Å². The highest BCUT2D eigenvalue weighted by Gasteiger charge is 1.99. The summed E-state index contributed by atoms with van der Waals surface area (Å²) in [5.41, 5.74) is 0.795. The molecule has 0 aromatic carbocycles. The second-order valence-corrected chi connectivity index (χ2v) is 2.74. The zero-order chi connectivity index (χ0) is 7.56. The number of rotatable bonds is 1. The standard InChI is InChI=1S/C6H4BrClFN/c7-6-4(3-8)1-2-5(9)10-6/h1-2H,3H2. The van der Waals surface area contributed by atoms with Crippen LogP contribution in [0.4, 0.5) is 4.39 Å². The van der Waals surface area contributed by atoms with Crippen LogP contribution >= 0.6 is 27.5 Å². The lowest BCUT2D eigenvalue weighted by molar-refractivity contribution is 0.580. The summed E-state index contributed by atoms with van der Waals surface area (Å²) < 4.78 is 12.8. The first-order valence-electron chi connectivity index (χ1n) is 2.61. The van der Waals surface area contributed by atoms with E-state index in [4.69, 9.17) is 11.6 Å². The van der Waals surface area contributed by atoms with Gasteiger partial charge in [-0.25, -0.2) is 4.98 Å². The molecule has 0 aliphatic rings. The molecular formula is C6H4BrClFN. The van der Waals surface area contributed by atoms with Gasteiger partial charge in [0.15, 0.2) is 0 Å². The summed E-state index contributed by atoms with van der Waals surface area (Å²) in [5.74, 6) is -0.158. The van der Waals surface area contributed by atoms with Crippen LogP contribution in [0.3, 0.4) is 0 Å². The highest BCUT2D eigenvalue weighted by atomic mass is 79.9. The van der Waals surface area contributed by atoms with Crippen LogP contribution in [0.5, 0.6) is 0 Å². The minimum Gasteiger partial charge on any atom is -0.212 e. The maximum Gasteiger partial charge on any atom is 0.213 e. The van der Waals surface area contributed by atoms with Crippen LogP contribution in [0.2, 0.25) is 0 Å². The normalized spacial score (nSPS) is 9.90. The second kappa shape index (κ2) is 3.30. The number of hydrogen-bond donors (Lipinski definition) is 0. The van der Waals surface area contributed by atoms with Crippen LogP contribution in [-0.2, 0) is 5.88 Å². The Balaban J connectivity index is 3.07. The molecule has 1 aromatic heterocycles. The highest BCUT2D eigenvalue weighted by molar-refractivity contribution is 9.10. The number of nitrogens with zero attached hydrogens (tertiary/aromatic N) is 1. The first-order valence-corrected chi connectivity index (χ1v) is 3.93. The lowest BCUT2D eigenvalue weighted by Crippen LogP contribution is -1.87.